The van der Waals surface area contributed by atoms with Crippen LogP contribution in [0, 0.1) is 0 Å². The molecule has 9 heteroatoms. The van der Waals surface area contributed by atoms with Gasteiger partial charge in [0.05, 0.1) is 0 Å². The van der Waals surface area contributed by atoms with Crippen LogP contribution in [0.1, 0.15) is 83.6 Å². The van der Waals surface area contributed by atoms with E-state index in [1.165, 1.54) is 62.6 Å². The molecule has 1 unspecified atom stereocenters. The molecule has 268 valence electrons. The van der Waals surface area contributed by atoms with Crippen molar-refractivity contribution < 1.29 is 40.6 Å². The minimum absolute atomic E-state index is 0.152. The Morgan fingerprint density at radius 2 is 1.16 bits per heavy atom. The number of alkyl halides is 7. The van der Waals surface area contributed by atoms with Crippen molar-refractivity contribution >= 4 is 5.97 Å². The molecule has 0 amide bonds. The molecule has 2 nitrogen and oxygen atoms in total. The van der Waals surface area contributed by atoms with Crippen LogP contribution in [0.3, 0.4) is 0 Å². The Morgan fingerprint density at radius 1 is 0.680 bits per heavy atom. The quantitative estimate of drug-likeness (QED) is 0.164. The standard InChI is InChI=1S/C33H34.C8H9F7O2/c1-32(2,3)25-15-11-22(12-16-25)28-19-20-29-27-10-8-7-9-24(27)21-30(29)31(28)23-13-17-26(18-14-23)33(4,5)6;1-2-3-4(9)6(10,11)8(14,15)7(12,13)5(16)17/h7-20H,21H2,1-6H3;4H,2-3H2,1H3,(H,16,17). The molecule has 0 saturated heterocycles. The summed E-state index contributed by atoms with van der Waals surface area (Å²) in [4.78, 5) is 9.81. The van der Waals surface area contributed by atoms with Crippen molar-refractivity contribution in [2.75, 3.05) is 0 Å². The van der Waals surface area contributed by atoms with E-state index in [1.807, 2.05) is 0 Å². The summed E-state index contributed by atoms with van der Waals surface area (Å²) < 4.78 is 88.5. The van der Waals surface area contributed by atoms with Gasteiger partial charge in [0.1, 0.15) is 0 Å². The predicted molar refractivity (Wildman–Crippen MR) is 185 cm³/mol. The maximum atomic E-state index is 12.8. The molecule has 1 N–H and O–H groups in total. The van der Waals surface area contributed by atoms with Crippen LogP contribution in [0.25, 0.3) is 33.4 Å². The minimum atomic E-state index is -6.31. The normalized spacial score (nSPS) is 14.0. The number of benzene rings is 4. The fraction of sp³-hybridized carbons (Fsp3) is 0.390. The monoisotopic (exact) mass is 700 g/mol. The first-order chi connectivity index (χ1) is 23.1. The zero-order chi connectivity index (χ0) is 37.4. The highest BCUT2D eigenvalue weighted by Crippen LogP contribution is 2.49. The molecule has 0 aromatic heterocycles. The number of fused-ring (bicyclic) bond motifs is 3. The molecule has 1 aliphatic carbocycles. The first-order valence-corrected chi connectivity index (χ1v) is 16.5. The molecule has 0 aliphatic heterocycles. The lowest BCUT2D eigenvalue weighted by Gasteiger charge is -2.32. The molecule has 0 saturated carbocycles. The lowest BCUT2D eigenvalue weighted by atomic mass is 9.83. The number of halogens is 7. The van der Waals surface area contributed by atoms with Crippen molar-refractivity contribution in [1.82, 2.24) is 0 Å². The van der Waals surface area contributed by atoms with Gasteiger partial charge in [-0.05, 0) is 79.3 Å². The predicted octanol–water partition coefficient (Wildman–Crippen LogP) is 12.3. The van der Waals surface area contributed by atoms with E-state index in [4.69, 9.17) is 5.11 Å². The lowest BCUT2D eigenvalue weighted by Crippen LogP contribution is -2.61. The zero-order valence-electron chi connectivity index (χ0n) is 29.3. The molecule has 0 radical (unpaired) electrons. The highest BCUT2D eigenvalue weighted by atomic mass is 19.3. The van der Waals surface area contributed by atoms with Crippen LogP contribution in [-0.2, 0) is 22.0 Å². The molecular formula is C41H43F7O2. The van der Waals surface area contributed by atoms with Crippen molar-refractivity contribution in [3.63, 3.8) is 0 Å². The van der Waals surface area contributed by atoms with Gasteiger partial charge in [0.25, 0.3) is 0 Å². The van der Waals surface area contributed by atoms with Gasteiger partial charge < -0.3 is 5.11 Å². The van der Waals surface area contributed by atoms with Crippen LogP contribution in [0.4, 0.5) is 30.7 Å². The summed E-state index contributed by atoms with van der Waals surface area (Å²) in [7, 11) is 0. The number of carbonyl (C=O) groups is 1. The number of hydrogen-bond acceptors (Lipinski definition) is 1. The number of hydrogen-bond donors (Lipinski definition) is 1. The van der Waals surface area contributed by atoms with Gasteiger partial charge in [-0.1, -0.05) is 140 Å². The van der Waals surface area contributed by atoms with Gasteiger partial charge in [-0.25, -0.2) is 9.18 Å². The number of rotatable bonds is 8. The van der Waals surface area contributed by atoms with Crippen LogP contribution in [0.15, 0.2) is 84.9 Å². The minimum Gasteiger partial charge on any atom is -0.477 e. The van der Waals surface area contributed by atoms with E-state index < -0.39 is 36.3 Å². The van der Waals surface area contributed by atoms with Crippen LogP contribution in [0.5, 0.6) is 0 Å². The van der Waals surface area contributed by atoms with Crippen molar-refractivity contribution in [1.29, 1.82) is 0 Å². The Balaban J connectivity index is 0.000000282. The van der Waals surface area contributed by atoms with Crippen molar-refractivity contribution in [2.24, 2.45) is 0 Å². The topological polar surface area (TPSA) is 37.3 Å². The summed E-state index contributed by atoms with van der Waals surface area (Å²) in [6.45, 7) is 14.8. The molecule has 0 heterocycles. The van der Waals surface area contributed by atoms with E-state index in [0.717, 1.165) is 6.42 Å². The van der Waals surface area contributed by atoms with Crippen LogP contribution in [0.2, 0.25) is 0 Å². The second kappa shape index (κ2) is 13.9. The molecule has 0 bridgehead atoms. The summed E-state index contributed by atoms with van der Waals surface area (Å²) in [5, 5.41) is 7.77. The maximum absolute atomic E-state index is 12.8. The molecular weight excluding hydrogens is 657 g/mol. The number of carboxylic acids is 1. The summed E-state index contributed by atoms with van der Waals surface area (Å²) in [5.41, 5.74) is 14.0. The fourth-order valence-electron chi connectivity index (χ4n) is 6.04. The fourth-order valence-corrected chi connectivity index (χ4v) is 6.04. The van der Waals surface area contributed by atoms with Crippen molar-refractivity contribution in [3.8, 4) is 33.4 Å². The van der Waals surface area contributed by atoms with Gasteiger partial charge in [0.15, 0.2) is 6.17 Å². The van der Waals surface area contributed by atoms with Crippen molar-refractivity contribution in [2.45, 2.75) is 102 Å². The molecule has 0 spiro atoms. The van der Waals surface area contributed by atoms with E-state index in [1.54, 1.807) is 0 Å². The lowest BCUT2D eigenvalue weighted by molar-refractivity contribution is -0.318. The van der Waals surface area contributed by atoms with Gasteiger partial charge in [-0.2, -0.15) is 26.3 Å². The highest BCUT2D eigenvalue weighted by molar-refractivity contribution is 5.93. The Morgan fingerprint density at radius 3 is 1.64 bits per heavy atom. The van der Waals surface area contributed by atoms with Gasteiger partial charge in [-0.15, -0.1) is 0 Å². The van der Waals surface area contributed by atoms with E-state index in [-0.39, 0.29) is 17.3 Å². The molecule has 0 fully saturated rings. The second-order valence-corrected chi connectivity index (χ2v) is 14.8. The average molecular weight is 701 g/mol. The molecule has 1 atom stereocenters. The van der Waals surface area contributed by atoms with E-state index in [2.05, 4.69) is 126 Å². The third-order valence-corrected chi connectivity index (χ3v) is 9.11. The van der Waals surface area contributed by atoms with Crippen molar-refractivity contribution in [3.05, 3.63) is 107 Å². The summed E-state index contributed by atoms with van der Waals surface area (Å²) >= 11 is 0. The third-order valence-electron chi connectivity index (χ3n) is 9.11. The molecule has 4 aromatic rings. The van der Waals surface area contributed by atoms with Gasteiger partial charge >= 0.3 is 23.7 Å². The Kier molecular flexibility index (Phi) is 10.7. The summed E-state index contributed by atoms with van der Waals surface area (Å²) in [6.07, 6.45) is -3.92. The summed E-state index contributed by atoms with van der Waals surface area (Å²) in [6, 6.07) is 32.0. The second-order valence-electron chi connectivity index (χ2n) is 14.8. The van der Waals surface area contributed by atoms with Gasteiger partial charge in [-0.3, -0.25) is 0 Å². The van der Waals surface area contributed by atoms with Crippen LogP contribution >= 0.6 is 0 Å². The SMILES string of the molecule is CC(C)(C)c1ccc(-c2ccc3c(c2-c2ccc(C(C)(C)C)cc2)Cc2ccccc2-3)cc1.CCCC(F)C(F)(F)C(F)(F)C(F)(F)C(=O)O. The van der Waals surface area contributed by atoms with Gasteiger partial charge in [0.2, 0.25) is 0 Å². The Bertz CT molecular complexity index is 1810. The van der Waals surface area contributed by atoms with Crippen LogP contribution < -0.4 is 0 Å². The van der Waals surface area contributed by atoms with E-state index in [9.17, 15) is 35.5 Å². The Labute approximate surface area is 289 Å². The first-order valence-electron chi connectivity index (χ1n) is 16.5. The zero-order valence-corrected chi connectivity index (χ0v) is 29.3. The van der Waals surface area contributed by atoms with E-state index >= 15 is 0 Å². The van der Waals surface area contributed by atoms with Crippen LogP contribution in [-0.4, -0.2) is 35.0 Å². The molecule has 4 aromatic carbocycles. The smallest absolute Gasteiger partial charge is 0.410 e. The number of aliphatic carboxylic acids is 1. The van der Waals surface area contributed by atoms with E-state index in [0.29, 0.717) is 0 Å². The van der Waals surface area contributed by atoms with Gasteiger partial charge in [0, 0.05) is 0 Å². The highest BCUT2D eigenvalue weighted by Gasteiger charge is 2.77. The molecule has 1 aliphatic rings. The molecule has 50 heavy (non-hydrogen) atoms. The molecule has 5 rings (SSSR count). The Hall–Kier alpha value is -4.14. The largest absolute Gasteiger partial charge is 0.477 e. The first kappa shape index (κ1) is 38.7. The number of carboxylic acid groups (broad SMARTS) is 1. The summed E-state index contributed by atoms with van der Waals surface area (Å²) in [5.74, 6) is -21.6. The average Bonchev–Trinajstić information content (AvgIpc) is 3.42. The third kappa shape index (κ3) is 7.33. The maximum Gasteiger partial charge on any atom is 0.410 e.